The molecule has 1 aromatic heterocycles. The molecule has 0 saturated carbocycles. The first-order valence-electron chi connectivity index (χ1n) is 9.33. The number of imide groups is 1. The molecule has 1 saturated heterocycles. The number of rotatable bonds is 3. The highest BCUT2D eigenvalue weighted by Gasteiger charge is 2.36. The van der Waals surface area contributed by atoms with Crippen molar-refractivity contribution in [3.63, 3.8) is 0 Å². The molecular weight excluding hydrogens is 470 g/mol. The van der Waals surface area contributed by atoms with Gasteiger partial charge in [0, 0.05) is 28.0 Å². The maximum Gasteiger partial charge on any atom is 0.260 e. The van der Waals surface area contributed by atoms with Crippen LogP contribution < -0.4 is 10.2 Å². The Kier molecular flexibility index (Phi) is 4.67. The minimum Gasteiger partial charge on any atom is -0.324 e. The van der Waals surface area contributed by atoms with Crippen molar-refractivity contribution in [1.82, 2.24) is 14.8 Å². The Morgan fingerprint density at radius 3 is 2.43 bits per heavy atom. The predicted molar refractivity (Wildman–Crippen MR) is 117 cm³/mol. The molecule has 1 unspecified atom stereocenters. The van der Waals surface area contributed by atoms with Crippen molar-refractivity contribution in [2.24, 2.45) is 0 Å². The lowest BCUT2D eigenvalue weighted by molar-refractivity contribution is -0.121. The lowest BCUT2D eigenvalue weighted by Gasteiger charge is -2.25. The second-order valence-corrected chi connectivity index (χ2v) is 8.30. The number of fused-ring (bicyclic) bond motifs is 1. The number of benzene rings is 2. The zero-order valence-corrected chi connectivity index (χ0v) is 17.9. The van der Waals surface area contributed by atoms with Crippen LogP contribution in [0.1, 0.15) is 30.0 Å². The molecular formula is C21H15BrClN5O2. The van der Waals surface area contributed by atoms with Gasteiger partial charge in [-0.1, -0.05) is 57.9 Å². The van der Waals surface area contributed by atoms with Gasteiger partial charge < -0.3 is 5.32 Å². The molecule has 30 heavy (non-hydrogen) atoms. The lowest BCUT2D eigenvalue weighted by Crippen LogP contribution is -2.29. The normalized spacial score (nSPS) is 18.3. The summed E-state index contributed by atoms with van der Waals surface area (Å²) in [6.45, 7) is 0. The Morgan fingerprint density at radius 2 is 1.73 bits per heavy atom. The van der Waals surface area contributed by atoms with Crippen molar-refractivity contribution in [3.05, 3.63) is 75.2 Å². The number of allylic oxidation sites excluding steroid dienone is 1. The van der Waals surface area contributed by atoms with Gasteiger partial charge in [-0.15, -0.1) is 5.10 Å². The van der Waals surface area contributed by atoms with Crippen LogP contribution in [0.2, 0.25) is 5.02 Å². The van der Waals surface area contributed by atoms with Crippen LogP contribution in [0.15, 0.2) is 59.1 Å². The number of nitrogens with one attached hydrogen (secondary N) is 1. The summed E-state index contributed by atoms with van der Waals surface area (Å²) in [5.41, 5.74) is 2.63. The lowest BCUT2D eigenvalue weighted by atomic mass is 10.0. The van der Waals surface area contributed by atoms with Crippen LogP contribution in [0.5, 0.6) is 0 Å². The maximum atomic E-state index is 12.2. The highest BCUT2D eigenvalue weighted by molar-refractivity contribution is 9.10. The molecule has 1 fully saturated rings. The van der Waals surface area contributed by atoms with E-state index in [2.05, 4.69) is 31.3 Å². The predicted octanol–water partition coefficient (Wildman–Crippen LogP) is 4.40. The van der Waals surface area contributed by atoms with Crippen molar-refractivity contribution in [1.29, 1.82) is 0 Å². The average Bonchev–Trinajstić information content (AvgIpc) is 3.30. The molecule has 1 atom stereocenters. The summed E-state index contributed by atoms with van der Waals surface area (Å²) >= 11 is 9.94. The highest BCUT2D eigenvalue weighted by atomic mass is 79.9. The summed E-state index contributed by atoms with van der Waals surface area (Å²) in [4.78, 5) is 29.9. The summed E-state index contributed by atoms with van der Waals surface area (Å²) in [6, 6.07) is 15.0. The van der Waals surface area contributed by atoms with E-state index in [0.29, 0.717) is 11.0 Å². The van der Waals surface area contributed by atoms with Crippen LogP contribution in [0.4, 0.5) is 11.9 Å². The summed E-state index contributed by atoms with van der Waals surface area (Å²) in [5, 5.41) is 8.35. The molecule has 2 aromatic carbocycles. The van der Waals surface area contributed by atoms with Crippen molar-refractivity contribution in [2.45, 2.75) is 18.9 Å². The summed E-state index contributed by atoms with van der Waals surface area (Å²) in [5.74, 6) is -0.0768. The topological polar surface area (TPSA) is 80.1 Å². The van der Waals surface area contributed by atoms with Gasteiger partial charge in [-0.2, -0.15) is 4.98 Å². The Bertz CT molecular complexity index is 1190. The average molecular weight is 485 g/mol. The Labute approximate surface area is 185 Å². The van der Waals surface area contributed by atoms with Crippen LogP contribution >= 0.6 is 27.5 Å². The van der Waals surface area contributed by atoms with Gasteiger partial charge >= 0.3 is 0 Å². The van der Waals surface area contributed by atoms with E-state index in [-0.39, 0.29) is 36.6 Å². The third kappa shape index (κ3) is 3.22. The minimum absolute atomic E-state index is 0.0764. The molecule has 3 aromatic rings. The summed E-state index contributed by atoms with van der Waals surface area (Å²) in [6.07, 6.45) is 2.35. The van der Waals surface area contributed by atoms with Gasteiger partial charge in [0.05, 0.1) is 0 Å². The van der Waals surface area contributed by atoms with E-state index >= 15 is 0 Å². The third-order valence-electron chi connectivity index (χ3n) is 5.09. The number of hydrogen-bond acceptors (Lipinski definition) is 5. The van der Waals surface area contributed by atoms with Gasteiger partial charge in [-0.05, 0) is 35.4 Å². The van der Waals surface area contributed by atoms with E-state index in [0.717, 1.165) is 26.2 Å². The van der Waals surface area contributed by atoms with Gasteiger partial charge in [0.25, 0.3) is 5.95 Å². The minimum atomic E-state index is -0.359. The van der Waals surface area contributed by atoms with Crippen LogP contribution in [-0.2, 0) is 9.59 Å². The molecule has 7 nitrogen and oxygen atoms in total. The number of carbonyl (C=O) groups is 2. The van der Waals surface area contributed by atoms with Crippen molar-refractivity contribution in [2.75, 3.05) is 10.2 Å². The van der Waals surface area contributed by atoms with Gasteiger partial charge in [0.2, 0.25) is 17.8 Å². The quantitative estimate of drug-likeness (QED) is 0.557. The molecule has 9 heteroatoms. The number of anilines is 2. The van der Waals surface area contributed by atoms with Crippen LogP contribution in [0.3, 0.4) is 0 Å². The molecule has 3 heterocycles. The first-order chi connectivity index (χ1) is 14.5. The zero-order chi connectivity index (χ0) is 20.8. The van der Waals surface area contributed by atoms with Crippen LogP contribution in [0, 0.1) is 0 Å². The molecule has 5 rings (SSSR count). The first kappa shape index (κ1) is 19.0. The molecule has 1 N–H and O–H groups in total. The number of aromatic nitrogens is 3. The Morgan fingerprint density at radius 1 is 1.03 bits per heavy atom. The monoisotopic (exact) mass is 483 g/mol. The Balaban J connectivity index is 1.63. The second kappa shape index (κ2) is 7.37. The number of halogens is 2. The largest absolute Gasteiger partial charge is 0.324 e. The van der Waals surface area contributed by atoms with Crippen molar-refractivity contribution >= 4 is 56.9 Å². The fraction of sp³-hybridized carbons (Fsp3) is 0.143. The number of hydrogen-bond donors (Lipinski definition) is 1. The van der Waals surface area contributed by atoms with E-state index in [1.165, 1.54) is 0 Å². The van der Waals surface area contributed by atoms with Crippen LogP contribution in [-0.4, -0.2) is 26.6 Å². The summed E-state index contributed by atoms with van der Waals surface area (Å²) < 4.78 is 2.62. The summed E-state index contributed by atoms with van der Waals surface area (Å²) in [7, 11) is 0. The third-order valence-corrected chi connectivity index (χ3v) is 5.96. The highest BCUT2D eigenvalue weighted by Crippen LogP contribution is 2.37. The Hall–Kier alpha value is -2.97. The van der Waals surface area contributed by atoms with Gasteiger partial charge in [0.1, 0.15) is 6.04 Å². The zero-order valence-electron chi connectivity index (χ0n) is 15.5. The standard InChI is InChI=1S/C21H15BrClN5O2/c22-13-7-5-12(6-8-13)16-11-17(14-3-1-2-4-15(14)23)28-20(24-16)25-21(26-28)27-18(29)9-10-19(27)30/h1-8,11,17H,9-10H2,(H,24,25,26). The number of nitrogens with zero attached hydrogens (tertiary/aromatic N) is 4. The first-order valence-corrected chi connectivity index (χ1v) is 10.5. The van der Waals surface area contributed by atoms with Gasteiger partial charge in [0.15, 0.2) is 0 Å². The molecule has 0 aliphatic carbocycles. The molecule has 2 amide bonds. The van der Waals surface area contributed by atoms with E-state index in [1.807, 2.05) is 54.6 Å². The molecule has 2 aliphatic heterocycles. The van der Waals surface area contributed by atoms with E-state index in [9.17, 15) is 9.59 Å². The molecule has 0 bridgehead atoms. The smallest absolute Gasteiger partial charge is 0.260 e. The SMILES string of the molecule is O=C1CCC(=O)N1c1nc2n(n1)C(c1ccccc1Cl)C=C(c1ccc(Br)cc1)N2. The molecule has 150 valence electrons. The second-order valence-electron chi connectivity index (χ2n) is 6.98. The van der Waals surface area contributed by atoms with E-state index in [4.69, 9.17) is 11.6 Å². The van der Waals surface area contributed by atoms with E-state index < -0.39 is 0 Å². The fourth-order valence-corrected chi connectivity index (χ4v) is 4.12. The maximum absolute atomic E-state index is 12.2. The molecule has 0 spiro atoms. The molecule has 0 radical (unpaired) electrons. The van der Waals surface area contributed by atoms with Gasteiger partial charge in [-0.25, -0.2) is 9.58 Å². The molecule has 2 aliphatic rings. The van der Waals surface area contributed by atoms with Crippen LogP contribution in [0.25, 0.3) is 5.70 Å². The van der Waals surface area contributed by atoms with Crippen molar-refractivity contribution < 1.29 is 9.59 Å². The van der Waals surface area contributed by atoms with Crippen molar-refractivity contribution in [3.8, 4) is 0 Å². The van der Waals surface area contributed by atoms with Gasteiger partial charge in [-0.3, -0.25) is 9.59 Å². The van der Waals surface area contributed by atoms with E-state index in [1.54, 1.807) is 4.68 Å². The fourth-order valence-electron chi connectivity index (χ4n) is 3.61. The number of amides is 2. The number of carbonyl (C=O) groups excluding carboxylic acids is 2.